The molecule has 18 heavy (non-hydrogen) atoms. The number of amides is 2. The van der Waals surface area contributed by atoms with Crippen LogP contribution in [-0.4, -0.2) is 23.1 Å². The van der Waals surface area contributed by atoms with E-state index in [1.165, 1.54) is 0 Å². The number of carboxylic acid groups (broad SMARTS) is 1. The van der Waals surface area contributed by atoms with Crippen LogP contribution < -0.4 is 10.6 Å². The minimum atomic E-state index is -1.03. The molecule has 6 heteroatoms. The Morgan fingerprint density at radius 1 is 1.44 bits per heavy atom. The van der Waals surface area contributed by atoms with Gasteiger partial charge in [0.15, 0.2) is 0 Å². The third-order valence-corrected chi connectivity index (χ3v) is 2.85. The first-order valence-corrected chi connectivity index (χ1v) is 6.34. The van der Waals surface area contributed by atoms with Crippen molar-refractivity contribution < 1.29 is 14.7 Å². The van der Waals surface area contributed by atoms with E-state index >= 15 is 0 Å². The highest BCUT2D eigenvalue weighted by Crippen LogP contribution is 2.11. The number of aliphatic carboxylic acids is 1. The maximum atomic E-state index is 11.5. The molecular formula is C12H15BrN2O3. The lowest BCUT2D eigenvalue weighted by atomic mass is 10.2. The van der Waals surface area contributed by atoms with Gasteiger partial charge < -0.3 is 15.7 Å². The van der Waals surface area contributed by atoms with Gasteiger partial charge in [0, 0.05) is 11.0 Å². The molecule has 0 heterocycles. The zero-order chi connectivity index (χ0) is 13.5. The number of hydrogen-bond donors (Lipinski definition) is 3. The SMILES string of the molecule is CCC(NC(=O)NCc1cccc(Br)c1)C(=O)O. The van der Waals surface area contributed by atoms with Crippen molar-refractivity contribution in [3.05, 3.63) is 34.3 Å². The number of rotatable bonds is 5. The van der Waals surface area contributed by atoms with Gasteiger partial charge in [-0.25, -0.2) is 9.59 Å². The van der Waals surface area contributed by atoms with Gasteiger partial charge in [-0.1, -0.05) is 35.0 Å². The average Bonchev–Trinajstić information content (AvgIpc) is 2.33. The molecule has 0 aliphatic heterocycles. The van der Waals surface area contributed by atoms with Gasteiger partial charge in [0.2, 0.25) is 0 Å². The molecule has 0 spiro atoms. The standard InChI is InChI=1S/C12H15BrN2O3/c1-2-10(11(16)17)15-12(18)14-7-8-4-3-5-9(13)6-8/h3-6,10H,2,7H2,1H3,(H,16,17)(H2,14,15,18). The van der Waals surface area contributed by atoms with Crippen molar-refractivity contribution in [1.82, 2.24) is 10.6 Å². The fraction of sp³-hybridized carbons (Fsp3) is 0.333. The summed E-state index contributed by atoms with van der Waals surface area (Å²) >= 11 is 3.33. The van der Waals surface area contributed by atoms with Gasteiger partial charge in [-0.15, -0.1) is 0 Å². The molecule has 0 aliphatic rings. The molecule has 1 aromatic carbocycles. The summed E-state index contributed by atoms with van der Waals surface area (Å²) in [6.07, 6.45) is 0.347. The molecule has 5 nitrogen and oxygen atoms in total. The number of urea groups is 1. The Hall–Kier alpha value is -1.56. The van der Waals surface area contributed by atoms with Gasteiger partial charge in [0.25, 0.3) is 0 Å². The predicted molar refractivity (Wildman–Crippen MR) is 71.2 cm³/mol. The maximum Gasteiger partial charge on any atom is 0.326 e. The van der Waals surface area contributed by atoms with E-state index in [1.807, 2.05) is 24.3 Å². The van der Waals surface area contributed by atoms with Gasteiger partial charge >= 0.3 is 12.0 Å². The molecule has 98 valence electrons. The van der Waals surface area contributed by atoms with E-state index in [0.29, 0.717) is 13.0 Å². The Balaban J connectivity index is 2.44. The second kappa shape index (κ2) is 7.00. The molecule has 0 bridgehead atoms. The summed E-state index contributed by atoms with van der Waals surface area (Å²) in [7, 11) is 0. The number of carbonyl (C=O) groups is 2. The lowest BCUT2D eigenvalue weighted by molar-refractivity contribution is -0.139. The predicted octanol–water partition coefficient (Wildman–Crippen LogP) is 2.11. The molecule has 0 aromatic heterocycles. The summed E-state index contributed by atoms with van der Waals surface area (Å²) in [6.45, 7) is 2.05. The molecule has 0 saturated carbocycles. The number of carboxylic acids is 1. The van der Waals surface area contributed by atoms with Crippen LogP contribution in [0.15, 0.2) is 28.7 Å². The molecule has 1 unspecified atom stereocenters. The van der Waals surface area contributed by atoms with Crippen LogP contribution in [0.25, 0.3) is 0 Å². The van der Waals surface area contributed by atoms with Gasteiger partial charge in [-0.3, -0.25) is 0 Å². The Kier molecular flexibility index (Phi) is 5.64. The van der Waals surface area contributed by atoms with E-state index in [9.17, 15) is 9.59 Å². The van der Waals surface area contributed by atoms with E-state index in [4.69, 9.17) is 5.11 Å². The largest absolute Gasteiger partial charge is 0.480 e. The molecule has 3 N–H and O–H groups in total. The smallest absolute Gasteiger partial charge is 0.326 e. The summed E-state index contributed by atoms with van der Waals surface area (Å²) in [6, 6.07) is 6.18. The molecule has 2 amide bonds. The first-order chi connectivity index (χ1) is 8.52. The van der Waals surface area contributed by atoms with Crippen LogP contribution in [0.4, 0.5) is 4.79 Å². The van der Waals surface area contributed by atoms with Crippen LogP contribution in [0.2, 0.25) is 0 Å². The zero-order valence-corrected chi connectivity index (χ0v) is 11.5. The van der Waals surface area contributed by atoms with Crippen molar-refractivity contribution in [2.45, 2.75) is 25.9 Å². The average molecular weight is 315 g/mol. The molecular weight excluding hydrogens is 300 g/mol. The third-order valence-electron chi connectivity index (χ3n) is 2.35. The Morgan fingerprint density at radius 3 is 2.72 bits per heavy atom. The Labute approximate surface area is 114 Å². The molecule has 1 rings (SSSR count). The molecule has 1 atom stereocenters. The fourth-order valence-corrected chi connectivity index (χ4v) is 1.82. The van der Waals surface area contributed by atoms with Gasteiger partial charge in [-0.2, -0.15) is 0 Å². The first kappa shape index (κ1) is 14.5. The Bertz CT molecular complexity index is 437. The van der Waals surface area contributed by atoms with Crippen molar-refractivity contribution in [3.8, 4) is 0 Å². The minimum Gasteiger partial charge on any atom is -0.480 e. The zero-order valence-electron chi connectivity index (χ0n) is 9.94. The highest BCUT2D eigenvalue weighted by molar-refractivity contribution is 9.10. The molecule has 0 aliphatic carbocycles. The normalized spacial score (nSPS) is 11.7. The fourth-order valence-electron chi connectivity index (χ4n) is 1.38. The van der Waals surface area contributed by atoms with Crippen LogP contribution in [0.1, 0.15) is 18.9 Å². The van der Waals surface area contributed by atoms with E-state index in [2.05, 4.69) is 26.6 Å². The van der Waals surface area contributed by atoms with Crippen LogP contribution in [-0.2, 0) is 11.3 Å². The number of benzene rings is 1. The minimum absolute atomic E-state index is 0.347. The van der Waals surface area contributed by atoms with Crippen molar-refractivity contribution in [1.29, 1.82) is 0 Å². The van der Waals surface area contributed by atoms with Crippen molar-refractivity contribution >= 4 is 27.9 Å². The molecule has 0 radical (unpaired) electrons. The van der Waals surface area contributed by atoms with E-state index < -0.39 is 18.0 Å². The van der Waals surface area contributed by atoms with Crippen molar-refractivity contribution in [2.75, 3.05) is 0 Å². The summed E-state index contributed by atoms with van der Waals surface area (Å²) in [5, 5.41) is 13.8. The van der Waals surface area contributed by atoms with Crippen molar-refractivity contribution in [2.24, 2.45) is 0 Å². The number of carbonyl (C=O) groups excluding carboxylic acids is 1. The topological polar surface area (TPSA) is 78.4 Å². The number of hydrogen-bond acceptors (Lipinski definition) is 2. The third kappa shape index (κ3) is 4.75. The summed E-state index contributed by atoms with van der Waals surface area (Å²) in [5.74, 6) is -1.03. The lowest BCUT2D eigenvalue weighted by Gasteiger charge is -2.13. The second-order valence-electron chi connectivity index (χ2n) is 3.76. The van der Waals surface area contributed by atoms with Crippen molar-refractivity contribution in [3.63, 3.8) is 0 Å². The highest BCUT2D eigenvalue weighted by atomic mass is 79.9. The van der Waals surface area contributed by atoms with E-state index in [0.717, 1.165) is 10.0 Å². The van der Waals surface area contributed by atoms with E-state index in [1.54, 1.807) is 6.92 Å². The quantitative estimate of drug-likeness (QED) is 0.779. The summed E-state index contributed by atoms with van der Waals surface area (Å²) in [4.78, 5) is 22.2. The Morgan fingerprint density at radius 2 is 2.17 bits per heavy atom. The summed E-state index contributed by atoms with van der Waals surface area (Å²) in [5.41, 5.74) is 0.933. The van der Waals surface area contributed by atoms with Crippen LogP contribution >= 0.6 is 15.9 Å². The first-order valence-electron chi connectivity index (χ1n) is 5.54. The summed E-state index contributed by atoms with van der Waals surface area (Å²) < 4.78 is 0.930. The van der Waals surface area contributed by atoms with E-state index in [-0.39, 0.29) is 0 Å². The second-order valence-corrected chi connectivity index (χ2v) is 4.67. The van der Waals surface area contributed by atoms with Crippen LogP contribution in [0.3, 0.4) is 0 Å². The van der Waals surface area contributed by atoms with Gasteiger partial charge in [0.05, 0.1) is 0 Å². The highest BCUT2D eigenvalue weighted by Gasteiger charge is 2.16. The monoisotopic (exact) mass is 314 g/mol. The molecule has 1 aromatic rings. The number of nitrogens with one attached hydrogen (secondary N) is 2. The lowest BCUT2D eigenvalue weighted by Crippen LogP contribution is -2.45. The molecule has 0 fully saturated rings. The molecule has 0 saturated heterocycles. The van der Waals surface area contributed by atoms with Gasteiger partial charge in [0.1, 0.15) is 6.04 Å². The number of halogens is 1. The maximum absolute atomic E-state index is 11.5. The van der Waals surface area contributed by atoms with Crippen LogP contribution in [0, 0.1) is 0 Å². The van der Waals surface area contributed by atoms with Crippen LogP contribution in [0.5, 0.6) is 0 Å². The van der Waals surface area contributed by atoms with Gasteiger partial charge in [-0.05, 0) is 24.1 Å².